The molecule has 3 rings (SSSR count). The quantitative estimate of drug-likeness (QED) is 0.410. The van der Waals surface area contributed by atoms with E-state index in [1.165, 1.54) is 11.8 Å². The molecule has 0 radical (unpaired) electrons. The van der Waals surface area contributed by atoms with E-state index in [1.807, 2.05) is 62.4 Å². The zero-order chi connectivity index (χ0) is 21.0. The Balaban J connectivity index is 1.88. The Bertz CT molecular complexity index is 953. The molecule has 1 amide bonds. The molecule has 1 aliphatic heterocycles. The van der Waals surface area contributed by atoms with Crippen LogP contribution in [0.1, 0.15) is 31.9 Å². The highest BCUT2D eigenvalue weighted by molar-refractivity contribution is 8.27. The molecular weight excluding hydrogens is 402 g/mol. The molecule has 4 nitrogen and oxygen atoms in total. The van der Waals surface area contributed by atoms with Gasteiger partial charge in [0.15, 0.2) is 15.8 Å². The number of carbonyl (C=O) groups excluding carboxylic acids is 1. The minimum absolute atomic E-state index is 0.104. The summed E-state index contributed by atoms with van der Waals surface area (Å²) in [5.74, 6) is 1.71. The molecule has 152 valence electrons. The van der Waals surface area contributed by atoms with Gasteiger partial charge in [-0.1, -0.05) is 62.1 Å². The zero-order valence-electron chi connectivity index (χ0n) is 17.1. The van der Waals surface area contributed by atoms with Crippen LogP contribution in [-0.2, 0) is 4.79 Å². The molecule has 1 saturated heterocycles. The largest absolute Gasteiger partial charge is 0.490 e. The fraction of sp³-hybridized carbons (Fsp3) is 0.304. The van der Waals surface area contributed by atoms with Crippen LogP contribution in [-0.4, -0.2) is 23.4 Å². The van der Waals surface area contributed by atoms with E-state index in [1.54, 1.807) is 4.90 Å². The molecular formula is C23H25NO3S2. The molecule has 1 aliphatic rings. The van der Waals surface area contributed by atoms with Gasteiger partial charge in [0.25, 0.3) is 5.91 Å². The fourth-order valence-corrected chi connectivity index (χ4v) is 4.18. The molecule has 0 atom stereocenters. The Hall–Kier alpha value is -2.31. The van der Waals surface area contributed by atoms with Crippen molar-refractivity contribution in [1.29, 1.82) is 0 Å². The van der Waals surface area contributed by atoms with Crippen LogP contribution < -0.4 is 14.4 Å². The maximum absolute atomic E-state index is 13.0. The summed E-state index contributed by atoms with van der Waals surface area (Å²) in [6.07, 6.45) is 1.85. The maximum Gasteiger partial charge on any atom is 0.270 e. The van der Waals surface area contributed by atoms with Crippen molar-refractivity contribution in [2.45, 2.75) is 27.7 Å². The zero-order valence-corrected chi connectivity index (χ0v) is 18.7. The molecule has 0 aromatic heterocycles. The third kappa shape index (κ3) is 5.00. The smallest absolute Gasteiger partial charge is 0.270 e. The topological polar surface area (TPSA) is 38.8 Å². The van der Waals surface area contributed by atoms with Crippen LogP contribution in [0.25, 0.3) is 6.08 Å². The lowest BCUT2D eigenvalue weighted by atomic mass is 10.1. The van der Waals surface area contributed by atoms with Gasteiger partial charge in [0, 0.05) is 0 Å². The first-order chi connectivity index (χ1) is 13.9. The van der Waals surface area contributed by atoms with E-state index in [0.717, 1.165) is 16.8 Å². The highest BCUT2D eigenvalue weighted by atomic mass is 32.2. The summed E-state index contributed by atoms with van der Waals surface area (Å²) in [6, 6.07) is 13.5. The Morgan fingerprint density at radius 2 is 1.90 bits per heavy atom. The second-order valence-corrected chi connectivity index (χ2v) is 8.82. The van der Waals surface area contributed by atoms with Gasteiger partial charge in [-0.05, 0) is 55.2 Å². The summed E-state index contributed by atoms with van der Waals surface area (Å²) in [4.78, 5) is 15.2. The summed E-state index contributed by atoms with van der Waals surface area (Å²) < 4.78 is 12.1. The van der Waals surface area contributed by atoms with Crippen LogP contribution in [0, 0.1) is 12.8 Å². The second kappa shape index (κ2) is 9.46. The molecule has 6 heteroatoms. The number of hydrogen-bond donors (Lipinski definition) is 0. The van der Waals surface area contributed by atoms with Crippen molar-refractivity contribution < 1.29 is 14.3 Å². The highest BCUT2D eigenvalue weighted by Gasteiger charge is 2.33. The minimum atomic E-state index is -0.104. The number of hydrogen-bond acceptors (Lipinski definition) is 5. The van der Waals surface area contributed by atoms with Crippen LogP contribution >= 0.6 is 24.0 Å². The first-order valence-corrected chi connectivity index (χ1v) is 10.9. The lowest BCUT2D eigenvalue weighted by molar-refractivity contribution is -0.113. The minimum Gasteiger partial charge on any atom is -0.490 e. The number of nitrogens with zero attached hydrogens (tertiary/aromatic N) is 1. The van der Waals surface area contributed by atoms with Crippen molar-refractivity contribution in [1.82, 2.24) is 0 Å². The Labute approximate surface area is 181 Å². The van der Waals surface area contributed by atoms with Crippen LogP contribution in [0.3, 0.4) is 0 Å². The maximum atomic E-state index is 13.0. The molecule has 29 heavy (non-hydrogen) atoms. The average molecular weight is 428 g/mol. The molecule has 2 aromatic rings. The average Bonchev–Trinajstić information content (AvgIpc) is 2.95. The van der Waals surface area contributed by atoms with Crippen molar-refractivity contribution in [3.63, 3.8) is 0 Å². The summed E-state index contributed by atoms with van der Waals surface area (Å²) in [5.41, 5.74) is 2.71. The van der Waals surface area contributed by atoms with E-state index in [-0.39, 0.29) is 5.91 Å². The lowest BCUT2D eigenvalue weighted by Gasteiger charge is -2.16. The molecule has 0 N–H and O–H groups in total. The number of thioether (sulfide) groups is 1. The van der Waals surface area contributed by atoms with Crippen molar-refractivity contribution in [2.75, 3.05) is 18.1 Å². The third-order valence-electron chi connectivity index (χ3n) is 4.29. The van der Waals surface area contributed by atoms with Crippen molar-refractivity contribution in [2.24, 2.45) is 5.92 Å². The Morgan fingerprint density at radius 1 is 1.14 bits per heavy atom. The number of para-hydroxylation sites is 1. The molecule has 0 aliphatic carbocycles. The Morgan fingerprint density at radius 3 is 2.59 bits per heavy atom. The molecule has 0 unspecified atom stereocenters. The second-order valence-electron chi connectivity index (χ2n) is 7.15. The monoisotopic (exact) mass is 427 g/mol. The molecule has 1 heterocycles. The van der Waals surface area contributed by atoms with E-state index < -0.39 is 0 Å². The van der Waals surface area contributed by atoms with Crippen molar-refractivity contribution in [3.05, 3.63) is 58.5 Å². The first-order valence-electron chi connectivity index (χ1n) is 9.64. The third-order valence-corrected chi connectivity index (χ3v) is 5.59. The molecule has 0 bridgehead atoms. The number of rotatable bonds is 7. The van der Waals surface area contributed by atoms with E-state index in [0.29, 0.717) is 39.9 Å². The van der Waals surface area contributed by atoms with Gasteiger partial charge in [-0.2, -0.15) is 0 Å². The van der Waals surface area contributed by atoms with Gasteiger partial charge in [0.1, 0.15) is 0 Å². The lowest BCUT2D eigenvalue weighted by Crippen LogP contribution is -2.28. The van der Waals surface area contributed by atoms with E-state index in [4.69, 9.17) is 21.7 Å². The summed E-state index contributed by atoms with van der Waals surface area (Å²) in [5, 5.41) is 0. The number of ether oxygens (including phenoxy) is 2. The molecule has 0 spiro atoms. The first kappa shape index (κ1) is 21.4. The summed E-state index contributed by atoms with van der Waals surface area (Å²) >= 11 is 6.80. The van der Waals surface area contributed by atoms with E-state index in [9.17, 15) is 4.79 Å². The summed E-state index contributed by atoms with van der Waals surface area (Å²) in [7, 11) is 0. The Kier molecular flexibility index (Phi) is 6.98. The molecule has 1 fully saturated rings. The van der Waals surface area contributed by atoms with Gasteiger partial charge in [0.2, 0.25) is 0 Å². The van der Waals surface area contributed by atoms with E-state index in [2.05, 4.69) is 13.8 Å². The molecule has 2 aromatic carbocycles. The number of thiocarbonyl (C=S) groups is 1. The number of anilines is 1. The number of aryl methyl sites for hydroxylation is 1. The van der Waals surface area contributed by atoms with Crippen LogP contribution in [0.2, 0.25) is 0 Å². The number of benzene rings is 2. The van der Waals surface area contributed by atoms with Gasteiger partial charge < -0.3 is 9.47 Å². The predicted molar refractivity (Wildman–Crippen MR) is 125 cm³/mol. The summed E-state index contributed by atoms with van der Waals surface area (Å²) in [6.45, 7) is 9.27. The van der Waals surface area contributed by atoms with Crippen LogP contribution in [0.4, 0.5) is 5.69 Å². The van der Waals surface area contributed by atoms with Gasteiger partial charge >= 0.3 is 0 Å². The normalized spacial score (nSPS) is 15.5. The van der Waals surface area contributed by atoms with E-state index >= 15 is 0 Å². The van der Waals surface area contributed by atoms with Gasteiger partial charge in [-0.25, -0.2) is 0 Å². The van der Waals surface area contributed by atoms with Crippen LogP contribution in [0.15, 0.2) is 47.4 Å². The standard InChI is InChI=1S/C23H25NO3S2/c1-5-26-20-12-17(10-11-19(20)27-14-15(2)3)13-21-22(25)24(23(28)29-21)18-9-7-6-8-16(18)4/h6-13,15H,5,14H2,1-4H3/b21-13-. The number of amides is 1. The SMILES string of the molecule is CCOc1cc(/C=C2\SC(=S)N(c3ccccc3C)C2=O)ccc1OCC(C)C. The predicted octanol–water partition coefficient (Wildman–Crippen LogP) is 5.83. The van der Waals surface area contributed by atoms with Gasteiger partial charge in [0.05, 0.1) is 23.8 Å². The molecule has 0 saturated carbocycles. The van der Waals surface area contributed by atoms with Gasteiger partial charge in [-0.15, -0.1) is 0 Å². The van der Waals surface area contributed by atoms with Crippen molar-refractivity contribution >= 4 is 46.0 Å². The van der Waals surface area contributed by atoms with Gasteiger partial charge in [-0.3, -0.25) is 9.69 Å². The highest BCUT2D eigenvalue weighted by Crippen LogP contribution is 2.38. The van der Waals surface area contributed by atoms with Crippen LogP contribution in [0.5, 0.6) is 11.5 Å². The number of carbonyl (C=O) groups is 1. The fourth-order valence-electron chi connectivity index (χ4n) is 2.90. The van der Waals surface area contributed by atoms with Crippen molar-refractivity contribution in [3.8, 4) is 11.5 Å².